The van der Waals surface area contributed by atoms with Gasteiger partial charge in [0.25, 0.3) is 0 Å². The molecular weight excluding hydrogens is 250 g/mol. The predicted molar refractivity (Wildman–Crippen MR) is 78.7 cm³/mol. The molecule has 0 aliphatic heterocycles. The number of aromatic carboxylic acids is 1. The Balaban J connectivity index is 1.48. The van der Waals surface area contributed by atoms with Crippen LogP contribution in [0.4, 0.5) is 0 Å². The van der Waals surface area contributed by atoms with Crippen LogP contribution in [-0.4, -0.2) is 17.1 Å². The summed E-state index contributed by atoms with van der Waals surface area (Å²) in [6.45, 7) is 0.787. The molecule has 1 aromatic carbocycles. The molecule has 2 aliphatic carbocycles. The Morgan fingerprint density at radius 1 is 1.25 bits per heavy atom. The Labute approximate surface area is 120 Å². The van der Waals surface area contributed by atoms with E-state index in [-0.39, 0.29) is 0 Å². The van der Waals surface area contributed by atoms with Crippen LogP contribution in [0.1, 0.15) is 54.4 Å². The second-order valence-electron chi connectivity index (χ2n) is 6.29. The Hall–Kier alpha value is -1.35. The van der Waals surface area contributed by atoms with Crippen LogP contribution in [0, 0.1) is 11.8 Å². The van der Waals surface area contributed by atoms with Crippen LogP contribution >= 0.6 is 0 Å². The summed E-state index contributed by atoms with van der Waals surface area (Å²) in [4.78, 5) is 10.9. The molecular formula is C17H23NO2. The molecule has 0 heterocycles. The van der Waals surface area contributed by atoms with Gasteiger partial charge in [-0.15, -0.1) is 0 Å². The molecule has 2 atom stereocenters. The lowest BCUT2D eigenvalue weighted by Crippen LogP contribution is -2.21. The summed E-state index contributed by atoms with van der Waals surface area (Å²) in [5.41, 5.74) is 1.45. The normalized spacial score (nSPS) is 26.4. The van der Waals surface area contributed by atoms with Crippen LogP contribution in [0.5, 0.6) is 0 Å². The topological polar surface area (TPSA) is 49.3 Å². The second-order valence-corrected chi connectivity index (χ2v) is 6.29. The molecule has 3 nitrogen and oxygen atoms in total. The van der Waals surface area contributed by atoms with Gasteiger partial charge < -0.3 is 10.4 Å². The average molecular weight is 273 g/mol. The lowest BCUT2D eigenvalue weighted by Gasteiger charge is -2.21. The fourth-order valence-electron chi connectivity index (χ4n) is 3.60. The van der Waals surface area contributed by atoms with Crippen molar-refractivity contribution in [1.82, 2.24) is 5.32 Å². The van der Waals surface area contributed by atoms with Crippen molar-refractivity contribution in [2.75, 3.05) is 0 Å². The van der Waals surface area contributed by atoms with Gasteiger partial charge in [-0.2, -0.15) is 0 Å². The molecule has 0 saturated heterocycles. The van der Waals surface area contributed by atoms with Crippen LogP contribution in [0.2, 0.25) is 0 Å². The van der Waals surface area contributed by atoms with Crippen molar-refractivity contribution in [3.05, 3.63) is 35.4 Å². The van der Waals surface area contributed by atoms with E-state index in [4.69, 9.17) is 5.11 Å². The molecule has 1 aromatic rings. The molecule has 0 aromatic heterocycles. The van der Waals surface area contributed by atoms with E-state index >= 15 is 0 Å². The number of hydrogen-bond acceptors (Lipinski definition) is 2. The van der Waals surface area contributed by atoms with Crippen molar-refractivity contribution < 1.29 is 9.90 Å². The van der Waals surface area contributed by atoms with Crippen molar-refractivity contribution in [2.24, 2.45) is 11.8 Å². The number of benzene rings is 1. The molecule has 2 fully saturated rings. The lowest BCUT2D eigenvalue weighted by atomic mass is 9.85. The van der Waals surface area contributed by atoms with Crippen LogP contribution in [0.15, 0.2) is 24.3 Å². The number of hydrogen-bond donors (Lipinski definition) is 2. The van der Waals surface area contributed by atoms with E-state index in [0.29, 0.717) is 11.6 Å². The van der Waals surface area contributed by atoms with Gasteiger partial charge in [-0.25, -0.2) is 4.79 Å². The van der Waals surface area contributed by atoms with Crippen LogP contribution < -0.4 is 5.32 Å². The maximum Gasteiger partial charge on any atom is 0.335 e. The van der Waals surface area contributed by atoms with Crippen molar-refractivity contribution in [3.63, 3.8) is 0 Å². The van der Waals surface area contributed by atoms with Gasteiger partial charge in [-0.3, -0.25) is 0 Å². The minimum Gasteiger partial charge on any atom is -0.478 e. The fraction of sp³-hybridized carbons (Fsp3) is 0.588. The highest BCUT2D eigenvalue weighted by molar-refractivity contribution is 5.87. The molecule has 3 heteroatoms. The van der Waals surface area contributed by atoms with Gasteiger partial charge in [-0.05, 0) is 36.0 Å². The summed E-state index contributed by atoms with van der Waals surface area (Å²) >= 11 is 0. The number of carbonyl (C=O) groups is 1. The third kappa shape index (κ3) is 3.21. The van der Waals surface area contributed by atoms with E-state index in [1.807, 2.05) is 12.1 Å². The van der Waals surface area contributed by atoms with E-state index in [1.54, 1.807) is 12.1 Å². The van der Waals surface area contributed by atoms with E-state index in [1.165, 1.54) is 38.5 Å². The molecule has 2 aliphatic rings. The number of carboxylic acid groups (broad SMARTS) is 1. The molecule has 2 saturated carbocycles. The second kappa shape index (κ2) is 5.96. The highest BCUT2D eigenvalue weighted by Gasteiger charge is 2.42. The van der Waals surface area contributed by atoms with Gasteiger partial charge in [0, 0.05) is 12.6 Å². The third-order valence-electron chi connectivity index (χ3n) is 4.84. The zero-order valence-electron chi connectivity index (χ0n) is 11.8. The Morgan fingerprint density at radius 2 is 2.05 bits per heavy atom. The van der Waals surface area contributed by atoms with E-state index in [2.05, 4.69) is 5.32 Å². The highest BCUT2D eigenvalue weighted by atomic mass is 16.4. The first-order valence-corrected chi connectivity index (χ1v) is 7.79. The highest BCUT2D eigenvalue weighted by Crippen LogP contribution is 2.44. The smallest absolute Gasteiger partial charge is 0.335 e. The van der Waals surface area contributed by atoms with Gasteiger partial charge in [-0.1, -0.05) is 44.2 Å². The first-order chi connectivity index (χ1) is 9.74. The van der Waals surface area contributed by atoms with Crippen molar-refractivity contribution in [2.45, 2.75) is 51.1 Å². The van der Waals surface area contributed by atoms with Crippen molar-refractivity contribution in [3.8, 4) is 0 Å². The SMILES string of the molecule is O=C(O)c1cccc(CNC2CC2C2CCCCC2)c1. The number of nitrogens with one attached hydrogen (secondary N) is 1. The number of rotatable bonds is 5. The molecule has 108 valence electrons. The van der Waals surface area contributed by atoms with Gasteiger partial charge in [0.1, 0.15) is 0 Å². The van der Waals surface area contributed by atoms with Crippen molar-refractivity contribution >= 4 is 5.97 Å². The third-order valence-corrected chi connectivity index (χ3v) is 4.84. The largest absolute Gasteiger partial charge is 0.478 e. The number of carboxylic acids is 1. The van der Waals surface area contributed by atoms with E-state index in [0.717, 1.165) is 23.9 Å². The quantitative estimate of drug-likeness (QED) is 0.864. The minimum atomic E-state index is -0.849. The average Bonchev–Trinajstić information content (AvgIpc) is 3.26. The van der Waals surface area contributed by atoms with Gasteiger partial charge in [0.05, 0.1) is 5.56 Å². The summed E-state index contributed by atoms with van der Waals surface area (Å²) in [6, 6.07) is 7.90. The lowest BCUT2D eigenvalue weighted by molar-refractivity contribution is 0.0696. The van der Waals surface area contributed by atoms with E-state index in [9.17, 15) is 4.79 Å². The molecule has 0 bridgehead atoms. The van der Waals surface area contributed by atoms with Crippen LogP contribution in [0.25, 0.3) is 0 Å². The zero-order chi connectivity index (χ0) is 13.9. The van der Waals surface area contributed by atoms with Crippen LogP contribution in [-0.2, 0) is 6.54 Å². The van der Waals surface area contributed by atoms with Crippen molar-refractivity contribution in [1.29, 1.82) is 0 Å². The first kappa shape index (κ1) is 13.6. The Kier molecular flexibility index (Phi) is 4.06. The molecule has 20 heavy (non-hydrogen) atoms. The summed E-state index contributed by atoms with van der Waals surface area (Å²) in [5.74, 6) is 0.961. The zero-order valence-corrected chi connectivity index (χ0v) is 11.8. The summed E-state index contributed by atoms with van der Waals surface area (Å²) in [5, 5.41) is 12.6. The summed E-state index contributed by atoms with van der Waals surface area (Å²) < 4.78 is 0. The maximum absolute atomic E-state index is 10.9. The maximum atomic E-state index is 10.9. The molecule has 3 rings (SSSR count). The van der Waals surface area contributed by atoms with Crippen LogP contribution in [0.3, 0.4) is 0 Å². The minimum absolute atomic E-state index is 0.379. The molecule has 0 amide bonds. The Bertz CT molecular complexity index is 480. The van der Waals surface area contributed by atoms with E-state index < -0.39 is 5.97 Å². The Morgan fingerprint density at radius 3 is 2.80 bits per heavy atom. The molecule has 2 unspecified atom stereocenters. The monoisotopic (exact) mass is 273 g/mol. The molecule has 0 radical (unpaired) electrons. The predicted octanol–water partition coefficient (Wildman–Crippen LogP) is 3.44. The standard InChI is InChI=1S/C17H23NO2/c19-17(20)14-8-4-5-12(9-14)11-18-16-10-15(16)13-6-2-1-3-7-13/h4-5,8-9,13,15-16,18H,1-3,6-7,10-11H2,(H,19,20). The molecule has 0 spiro atoms. The summed E-state index contributed by atoms with van der Waals surface area (Å²) in [7, 11) is 0. The van der Waals surface area contributed by atoms with Gasteiger partial charge in [0.2, 0.25) is 0 Å². The van der Waals surface area contributed by atoms with Gasteiger partial charge in [0.15, 0.2) is 0 Å². The molecule has 2 N–H and O–H groups in total. The summed E-state index contributed by atoms with van der Waals surface area (Å²) in [6.07, 6.45) is 8.38. The first-order valence-electron chi connectivity index (χ1n) is 7.79. The fourth-order valence-corrected chi connectivity index (χ4v) is 3.60. The van der Waals surface area contributed by atoms with Gasteiger partial charge >= 0.3 is 5.97 Å².